The summed E-state index contributed by atoms with van der Waals surface area (Å²) in [6.45, 7) is 0. The SMILES string of the molecule is O=C(O)C(Br)c1ccc(F)cn1. The highest BCUT2D eigenvalue weighted by atomic mass is 79.9. The maximum atomic E-state index is 12.3. The van der Waals surface area contributed by atoms with Crippen molar-refractivity contribution >= 4 is 21.9 Å². The zero-order chi connectivity index (χ0) is 9.14. The van der Waals surface area contributed by atoms with Crippen molar-refractivity contribution in [2.75, 3.05) is 0 Å². The minimum absolute atomic E-state index is 0.281. The van der Waals surface area contributed by atoms with Gasteiger partial charge in [0.1, 0.15) is 5.82 Å². The number of carboxylic acids is 1. The van der Waals surface area contributed by atoms with E-state index in [9.17, 15) is 9.18 Å². The summed E-state index contributed by atoms with van der Waals surface area (Å²) >= 11 is 2.89. The lowest BCUT2D eigenvalue weighted by Gasteiger charge is -2.01. The lowest BCUT2D eigenvalue weighted by Crippen LogP contribution is -2.06. The first kappa shape index (κ1) is 9.12. The van der Waals surface area contributed by atoms with Gasteiger partial charge in [0, 0.05) is 0 Å². The molecule has 1 aromatic rings. The number of hydrogen-bond acceptors (Lipinski definition) is 2. The summed E-state index contributed by atoms with van der Waals surface area (Å²) < 4.78 is 12.3. The van der Waals surface area contributed by atoms with Gasteiger partial charge < -0.3 is 5.11 Å². The lowest BCUT2D eigenvalue weighted by molar-refractivity contribution is -0.136. The van der Waals surface area contributed by atoms with Gasteiger partial charge in [0.2, 0.25) is 0 Å². The van der Waals surface area contributed by atoms with Crippen LogP contribution in [-0.4, -0.2) is 16.1 Å². The van der Waals surface area contributed by atoms with Gasteiger partial charge in [0.05, 0.1) is 11.9 Å². The molecule has 5 heteroatoms. The molecule has 0 saturated heterocycles. The molecule has 1 N–H and O–H groups in total. The molecule has 64 valence electrons. The summed E-state index contributed by atoms with van der Waals surface area (Å²) in [5.74, 6) is -1.53. The highest BCUT2D eigenvalue weighted by Gasteiger charge is 2.16. The van der Waals surface area contributed by atoms with Crippen LogP contribution in [0, 0.1) is 5.82 Å². The number of carbonyl (C=O) groups is 1. The molecule has 0 aliphatic carbocycles. The number of pyridine rings is 1. The monoisotopic (exact) mass is 233 g/mol. The standard InChI is InChI=1S/C7H5BrFNO2/c8-6(7(11)12)5-2-1-4(9)3-10-5/h1-3,6H,(H,11,12). The number of alkyl halides is 1. The summed E-state index contributed by atoms with van der Waals surface area (Å²) in [5.41, 5.74) is 0.281. The average molecular weight is 234 g/mol. The Balaban J connectivity index is 2.89. The van der Waals surface area contributed by atoms with Crippen LogP contribution in [0.4, 0.5) is 4.39 Å². The van der Waals surface area contributed by atoms with E-state index in [4.69, 9.17) is 5.11 Å². The normalized spacial score (nSPS) is 12.5. The second-order valence-electron chi connectivity index (χ2n) is 2.10. The van der Waals surface area contributed by atoms with Crippen LogP contribution < -0.4 is 0 Å². The molecule has 0 amide bonds. The number of halogens is 2. The molecule has 0 aromatic carbocycles. The van der Waals surface area contributed by atoms with E-state index in [1.165, 1.54) is 12.1 Å². The fraction of sp³-hybridized carbons (Fsp3) is 0.143. The highest BCUT2D eigenvalue weighted by molar-refractivity contribution is 9.09. The summed E-state index contributed by atoms with van der Waals surface area (Å²) in [7, 11) is 0. The molecule has 0 aliphatic rings. The molecular weight excluding hydrogens is 229 g/mol. The molecule has 1 rings (SSSR count). The van der Waals surface area contributed by atoms with Crippen LogP contribution in [0.25, 0.3) is 0 Å². The molecule has 1 unspecified atom stereocenters. The minimum atomic E-state index is -1.05. The highest BCUT2D eigenvalue weighted by Crippen LogP contribution is 2.20. The van der Waals surface area contributed by atoms with Gasteiger partial charge in [-0.3, -0.25) is 9.78 Å². The summed E-state index contributed by atoms with van der Waals surface area (Å²) in [6.07, 6.45) is 0.979. The van der Waals surface area contributed by atoms with E-state index < -0.39 is 16.6 Å². The predicted molar refractivity (Wildman–Crippen MR) is 43.5 cm³/mol. The van der Waals surface area contributed by atoms with Crippen molar-refractivity contribution in [3.05, 3.63) is 29.8 Å². The lowest BCUT2D eigenvalue weighted by atomic mass is 10.3. The molecule has 0 spiro atoms. The Morgan fingerprint density at radius 1 is 1.67 bits per heavy atom. The van der Waals surface area contributed by atoms with Crippen LogP contribution in [-0.2, 0) is 4.79 Å². The van der Waals surface area contributed by atoms with Crippen molar-refractivity contribution in [3.63, 3.8) is 0 Å². The van der Waals surface area contributed by atoms with Crippen LogP contribution in [0.5, 0.6) is 0 Å². The molecule has 3 nitrogen and oxygen atoms in total. The Morgan fingerprint density at radius 2 is 2.33 bits per heavy atom. The quantitative estimate of drug-likeness (QED) is 0.793. The molecule has 0 fully saturated rings. The van der Waals surface area contributed by atoms with Gasteiger partial charge >= 0.3 is 5.97 Å². The van der Waals surface area contributed by atoms with Crippen molar-refractivity contribution in [1.29, 1.82) is 0 Å². The first-order chi connectivity index (χ1) is 5.61. The Morgan fingerprint density at radius 3 is 2.75 bits per heavy atom. The minimum Gasteiger partial charge on any atom is -0.480 e. The second-order valence-corrected chi connectivity index (χ2v) is 3.02. The Bertz CT molecular complexity index is 288. The smallest absolute Gasteiger partial charge is 0.323 e. The summed E-state index contributed by atoms with van der Waals surface area (Å²) in [4.78, 5) is 13.1. The third-order valence-corrected chi connectivity index (χ3v) is 2.09. The van der Waals surface area contributed by atoms with Crippen molar-refractivity contribution in [2.24, 2.45) is 0 Å². The van der Waals surface area contributed by atoms with Gasteiger partial charge in [-0.2, -0.15) is 0 Å². The van der Waals surface area contributed by atoms with Gasteiger partial charge in [0.25, 0.3) is 0 Å². The maximum absolute atomic E-state index is 12.3. The molecule has 0 aliphatic heterocycles. The van der Waals surface area contributed by atoms with Gasteiger partial charge in [-0.25, -0.2) is 4.39 Å². The van der Waals surface area contributed by atoms with E-state index in [-0.39, 0.29) is 5.69 Å². The third kappa shape index (κ3) is 2.01. The molecule has 0 bridgehead atoms. The third-order valence-electron chi connectivity index (χ3n) is 1.23. The number of aliphatic carboxylic acids is 1. The van der Waals surface area contributed by atoms with Crippen molar-refractivity contribution < 1.29 is 14.3 Å². The van der Waals surface area contributed by atoms with Crippen molar-refractivity contribution in [3.8, 4) is 0 Å². The number of nitrogens with zero attached hydrogens (tertiary/aromatic N) is 1. The molecular formula is C7H5BrFNO2. The van der Waals surface area contributed by atoms with E-state index in [1.54, 1.807) is 0 Å². The van der Waals surface area contributed by atoms with Crippen molar-refractivity contribution in [1.82, 2.24) is 4.98 Å². The van der Waals surface area contributed by atoms with E-state index in [2.05, 4.69) is 20.9 Å². The Hall–Kier alpha value is -0.970. The molecule has 1 atom stereocenters. The Kier molecular flexibility index (Phi) is 2.75. The fourth-order valence-electron chi connectivity index (χ4n) is 0.664. The van der Waals surface area contributed by atoms with Crippen LogP contribution in [0.3, 0.4) is 0 Å². The van der Waals surface area contributed by atoms with Crippen LogP contribution >= 0.6 is 15.9 Å². The van der Waals surface area contributed by atoms with Crippen LogP contribution in [0.1, 0.15) is 10.5 Å². The number of carboxylic acid groups (broad SMARTS) is 1. The van der Waals surface area contributed by atoms with Crippen LogP contribution in [0.15, 0.2) is 18.3 Å². The predicted octanol–water partition coefficient (Wildman–Crippen LogP) is 1.74. The molecule has 1 aromatic heterocycles. The fourth-order valence-corrected chi connectivity index (χ4v) is 0.935. The van der Waals surface area contributed by atoms with Gasteiger partial charge in [0.15, 0.2) is 4.83 Å². The summed E-state index contributed by atoms with van der Waals surface area (Å²) in [5, 5.41) is 8.52. The van der Waals surface area contributed by atoms with E-state index in [0.717, 1.165) is 6.20 Å². The van der Waals surface area contributed by atoms with Gasteiger partial charge in [-0.15, -0.1) is 0 Å². The zero-order valence-electron chi connectivity index (χ0n) is 5.87. The molecule has 12 heavy (non-hydrogen) atoms. The van der Waals surface area contributed by atoms with E-state index >= 15 is 0 Å². The molecule has 1 heterocycles. The van der Waals surface area contributed by atoms with Crippen LogP contribution in [0.2, 0.25) is 0 Å². The molecule has 0 saturated carbocycles. The topological polar surface area (TPSA) is 50.2 Å². The van der Waals surface area contributed by atoms with E-state index in [1.807, 2.05) is 0 Å². The maximum Gasteiger partial charge on any atom is 0.323 e. The molecule has 0 radical (unpaired) electrons. The van der Waals surface area contributed by atoms with E-state index in [0.29, 0.717) is 0 Å². The van der Waals surface area contributed by atoms with Gasteiger partial charge in [-0.1, -0.05) is 15.9 Å². The Labute approximate surface area is 76.4 Å². The first-order valence-electron chi connectivity index (χ1n) is 3.09. The van der Waals surface area contributed by atoms with Gasteiger partial charge in [-0.05, 0) is 12.1 Å². The van der Waals surface area contributed by atoms with Crippen molar-refractivity contribution in [2.45, 2.75) is 4.83 Å². The average Bonchev–Trinajstić information content (AvgIpc) is 2.04. The first-order valence-corrected chi connectivity index (χ1v) is 4.01. The zero-order valence-corrected chi connectivity index (χ0v) is 7.45. The second kappa shape index (κ2) is 3.62. The number of aromatic nitrogens is 1. The summed E-state index contributed by atoms with van der Waals surface area (Å²) in [6, 6.07) is 2.49. The number of rotatable bonds is 2. The number of hydrogen-bond donors (Lipinski definition) is 1. The largest absolute Gasteiger partial charge is 0.480 e.